The number of nitrogens with zero attached hydrogens (tertiary/aromatic N) is 1. The van der Waals surface area contributed by atoms with Crippen molar-refractivity contribution in [2.75, 3.05) is 19.7 Å². The summed E-state index contributed by atoms with van der Waals surface area (Å²) in [6.07, 6.45) is 5.63. The summed E-state index contributed by atoms with van der Waals surface area (Å²) < 4.78 is 5.64. The van der Waals surface area contributed by atoms with Crippen LogP contribution >= 0.6 is 0 Å². The van der Waals surface area contributed by atoms with Gasteiger partial charge in [-0.2, -0.15) is 0 Å². The number of hydrogen-bond donors (Lipinski definition) is 2. The lowest BCUT2D eigenvalue weighted by Gasteiger charge is -2.36. The number of carboxylic acids is 1. The second kappa shape index (κ2) is 7.64. The standard InChI is InChI=1S/C15H26N2O4/c1-11-10-12(14(18)19)6-8-17(11)15(20)16-7-5-13-4-2-3-9-21-13/h11-13H,2-10H2,1H3,(H,16,20)(H,18,19). The molecule has 0 bridgehead atoms. The minimum Gasteiger partial charge on any atom is -0.481 e. The number of amides is 2. The van der Waals surface area contributed by atoms with Gasteiger partial charge in [0.05, 0.1) is 12.0 Å². The topological polar surface area (TPSA) is 78.9 Å². The van der Waals surface area contributed by atoms with E-state index >= 15 is 0 Å². The van der Waals surface area contributed by atoms with Crippen molar-refractivity contribution < 1.29 is 19.4 Å². The molecule has 2 fully saturated rings. The molecule has 0 aliphatic carbocycles. The fourth-order valence-electron chi connectivity index (χ4n) is 3.17. The van der Waals surface area contributed by atoms with Crippen LogP contribution in [0.5, 0.6) is 0 Å². The van der Waals surface area contributed by atoms with Crippen molar-refractivity contribution in [3.63, 3.8) is 0 Å². The molecule has 0 radical (unpaired) electrons. The molecule has 120 valence electrons. The summed E-state index contributed by atoms with van der Waals surface area (Å²) in [5.74, 6) is -1.07. The molecule has 2 N–H and O–H groups in total. The van der Waals surface area contributed by atoms with E-state index in [1.807, 2.05) is 6.92 Å². The van der Waals surface area contributed by atoms with Gasteiger partial charge in [0.1, 0.15) is 0 Å². The highest BCUT2D eigenvalue weighted by Gasteiger charge is 2.32. The number of carboxylic acid groups (broad SMARTS) is 1. The monoisotopic (exact) mass is 298 g/mol. The summed E-state index contributed by atoms with van der Waals surface area (Å²) in [6.45, 7) is 3.89. The first-order valence-electron chi connectivity index (χ1n) is 7.97. The Morgan fingerprint density at radius 1 is 1.33 bits per heavy atom. The van der Waals surface area contributed by atoms with Gasteiger partial charge >= 0.3 is 12.0 Å². The molecule has 2 rings (SSSR count). The van der Waals surface area contributed by atoms with Crippen LogP contribution in [0.25, 0.3) is 0 Å². The largest absolute Gasteiger partial charge is 0.481 e. The number of carbonyl (C=O) groups is 2. The molecule has 3 unspecified atom stereocenters. The third kappa shape index (κ3) is 4.59. The van der Waals surface area contributed by atoms with Crippen LogP contribution in [0.3, 0.4) is 0 Å². The fraction of sp³-hybridized carbons (Fsp3) is 0.867. The third-order valence-corrected chi connectivity index (χ3v) is 4.50. The lowest BCUT2D eigenvalue weighted by molar-refractivity contribution is -0.143. The van der Waals surface area contributed by atoms with E-state index in [0.29, 0.717) is 25.9 Å². The van der Waals surface area contributed by atoms with Crippen LogP contribution < -0.4 is 5.32 Å². The molecule has 6 nitrogen and oxygen atoms in total. The highest BCUT2D eigenvalue weighted by molar-refractivity contribution is 5.75. The van der Waals surface area contributed by atoms with Gasteiger partial charge in [0.2, 0.25) is 0 Å². The molecule has 0 aromatic carbocycles. The highest BCUT2D eigenvalue weighted by atomic mass is 16.5. The molecule has 0 aromatic heterocycles. The van der Waals surface area contributed by atoms with Crippen LogP contribution in [-0.2, 0) is 9.53 Å². The molecule has 2 heterocycles. The van der Waals surface area contributed by atoms with Crippen LogP contribution in [0.1, 0.15) is 45.4 Å². The smallest absolute Gasteiger partial charge is 0.317 e. The first kappa shape index (κ1) is 16.1. The minimum absolute atomic E-state index is 0.0224. The Morgan fingerprint density at radius 3 is 2.76 bits per heavy atom. The summed E-state index contributed by atoms with van der Waals surface area (Å²) in [7, 11) is 0. The van der Waals surface area contributed by atoms with Gasteiger partial charge in [-0.1, -0.05) is 0 Å². The normalized spacial score (nSPS) is 30.0. The average Bonchev–Trinajstić information content (AvgIpc) is 2.48. The van der Waals surface area contributed by atoms with Gasteiger partial charge in [-0.05, 0) is 45.4 Å². The minimum atomic E-state index is -0.753. The molecular formula is C15H26N2O4. The number of piperidine rings is 1. The van der Waals surface area contributed by atoms with Gasteiger partial charge in [-0.25, -0.2) is 4.79 Å². The Balaban J connectivity index is 1.69. The predicted octanol–water partition coefficient (Wildman–Crippen LogP) is 1.84. The van der Waals surface area contributed by atoms with Crippen LogP contribution in [0.4, 0.5) is 4.79 Å². The van der Waals surface area contributed by atoms with E-state index < -0.39 is 5.97 Å². The van der Waals surface area contributed by atoms with E-state index in [2.05, 4.69) is 5.32 Å². The van der Waals surface area contributed by atoms with E-state index in [0.717, 1.165) is 25.9 Å². The second-order valence-electron chi connectivity index (χ2n) is 6.11. The molecule has 0 aromatic rings. The molecule has 2 aliphatic heterocycles. The number of hydrogen-bond acceptors (Lipinski definition) is 3. The van der Waals surface area contributed by atoms with Gasteiger partial charge in [-0.15, -0.1) is 0 Å². The zero-order chi connectivity index (χ0) is 15.2. The Morgan fingerprint density at radius 2 is 2.14 bits per heavy atom. The predicted molar refractivity (Wildman–Crippen MR) is 78.1 cm³/mol. The number of nitrogens with one attached hydrogen (secondary N) is 1. The van der Waals surface area contributed by atoms with Gasteiger partial charge < -0.3 is 20.1 Å². The summed E-state index contributed by atoms with van der Waals surface area (Å²) in [5, 5.41) is 12.0. The molecule has 2 aliphatic rings. The number of likely N-dealkylation sites (tertiary alicyclic amines) is 1. The zero-order valence-electron chi connectivity index (χ0n) is 12.7. The maximum Gasteiger partial charge on any atom is 0.317 e. The average molecular weight is 298 g/mol. The summed E-state index contributed by atoms with van der Waals surface area (Å²) >= 11 is 0. The van der Waals surface area contributed by atoms with Gasteiger partial charge in [0.25, 0.3) is 0 Å². The van der Waals surface area contributed by atoms with Crippen molar-refractivity contribution in [2.45, 2.75) is 57.6 Å². The molecule has 21 heavy (non-hydrogen) atoms. The number of carbonyl (C=O) groups excluding carboxylic acids is 1. The van der Waals surface area contributed by atoms with Crippen LogP contribution in [0.15, 0.2) is 0 Å². The van der Waals surface area contributed by atoms with Gasteiger partial charge in [-0.3, -0.25) is 4.79 Å². The van der Waals surface area contributed by atoms with Crippen molar-refractivity contribution in [2.24, 2.45) is 5.92 Å². The lowest BCUT2D eigenvalue weighted by atomic mass is 9.92. The molecule has 6 heteroatoms. The molecule has 2 saturated heterocycles. The Labute approximate surface area is 125 Å². The Kier molecular flexibility index (Phi) is 5.85. The fourth-order valence-corrected chi connectivity index (χ4v) is 3.17. The van der Waals surface area contributed by atoms with Crippen molar-refractivity contribution in [1.29, 1.82) is 0 Å². The summed E-state index contributed by atoms with van der Waals surface area (Å²) in [6, 6.07) is -0.104. The third-order valence-electron chi connectivity index (χ3n) is 4.50. The first-order chi connectivity index (χ1) is 10.1. The quantitative estimate of drug-likeness (QED) is 0.830. The Hall–Kier alpha value is -1.30. The van der Waals surface area contributed by atoms with Gasteiger partial charge in [0.15, 0.2) is 0 Å². The summed E-state index contributed by atoms with van der Waals surface area (Å²) in [5.41, 5.74) is 0. The number of ether oxygens (including phenoxy) is 1. The molecule has 3 atom stereocenters. The number of rotatable bonds is 4. The number of aliphatic carboxylic acids is 1. The van der Waals surface area contributed by atoms with E-state index in [1.165, 1.54) is 6.42 Å². The summed E-state index contributed by atoms with van der Waals surface area (Å²) in [4.78, 5) is 24.9. The van der Waals surface area contributed by atoms with E-state index in [-0.39, 0.29) is 24.1 Å². The highest BCUT2D eigenvalue weighted by Crippen LogP contribution is 2.23. The van der Waals surface area contributed by atoms with Crippen molar-refractivity contribution in [3.8, 4) is 0 Å². The lowest BCUT2D eigenvalue weighted by Crippen LogP contribution is -2.50. The Bertz CT molecular complexity index is 369. The van der Waals surface area contributed by atoms with Crippen LogP contribution in [0.2, 0.25) is 0 Å². The SMILES string of the molecule is CC1CC(C(=O)O)CCN1C(=O)NCCC1CCCCO1. The molecule has 0 spiro atoms. The van der Waals surface area contributed by atoms with Crippen LogP contribution in [0, 0.1) is 5.92 Å². The van der Waals surface area contributed by atoms with Crippen LogP contribution in [-0.4, -0.2) is 53.8 Å². The second-order valence-corrected chi connectivity index (χ2v) is 6.11. The first-order valence-corrected chi connectivity index (χ1v) is 7.97. The molecule has 0 saturated carbocycles. The molecular weight excluding hydrogens is 272 g/mol. The maximum absolute atomic E-state index is 12.2. The van der Waals surface area contributed by atoms with Gasteiger partial charge in [0, 0.05) is 25.7 Å². The van der Waals surface area contributed by atoms with Crippen molar-refractivity contribution in [1.82, 2.24) is 10.2 Å². The van der Waals surface area contributed by atoms with Crippen molar-refractivity contribution >= 4 is 12.0 Å². The van der Waals surface area contributed by atoms with E-state index in [9.17, 15) is 9.59 Å². The maximum atomic E-state index is 12.2. The van der Waals surface area contributed by atoms with Crippen molar-refractivity contribution in [3.05, 3.63) is 0 Å². The zero-order valence-corrected chi connectivity index (χ0v) is 12.7. The van der Waals surface area contributed by atoms with E-state index in [1.54, 1.807) is 4.90 Å². The molecule has 2 amide bonds. The number of urea groups is 1. The van der Waals surface area contributed by atoms with E-state index in [4.69, 9.17) is 9.84 Å².